The molecule has 8 heteroatoms. The van der Waals surface area contributed by atoms with Gasteiger partial charge in [-0.3, -0.25) is 9.69 Å². The highest BCUT2D eigenvalue weighted by atomic mass is 19.1. The number of benzene rings is 3. The second-order valence-electron chi connectivity index (χ2n) is 10.2. The summed E-state index contributed by atoms with van der Waals surface area (Å²) in [5.74, 6) is -2.22. The predicted octanol–water partition coefficient (Wildman–Crippen LogP) is 5.73. The summed E-state index contributed by atoms with van der Waals surface area (Å²) in [5, 5.41) is 2.78. The lowest BCUT2D eigenvalue weighted by molar-refractivity contribution is -0.121. The van der Waals surface area contributed by atoms with E-state index in [4.69, 9.17) is 0 Å². The molecular formula is C32H37F2N3O3. The molecule has 1 aliphatic heterocycles. The number of halogens is 2. The van der Waals surface area contributed by atoms with Crippen molar-refractivity contribution in [3.05, 3.63) is 89.0 Å². The Morgan fingerprint density at radius 2 is 1.65 bits per heavy atom. The quantitative estimate of drug-likeness (QED) is 0.245. The van der Waals surface area contributed by atoms with Gasteiger partial charge in [-0.2, -0.15) is 0 Å². The first-order chi connectivity index (χ1) is 19.4. The summed E-state index contributed by atoms with van der Waals surface area (Å²) in [5.41, 5.74) is 3.23. The van der Waals surface area contributed by atoms with Crippen molar-refractivity contribution >= 4 is 17.6 Å². The van der Waals surface area contributed by atoms with Gasteiger partial charge in [-0.1, -0.05) is 48.4 Å². The predicted molar refractivity (Wildman–Crippen MR) is 153 cm³/mol. The van der Waals surface area contributed by atoms with Gasteiger partial charge in [0.25, 0.3) is 0 Å². The Labute approximate surface area is 234 Å². The average Bonchev–Trinajstić information content (AvgIpc) is 2.96. The number of piperazine rings is 1. The number of carbonyl (C=O) groups excluding carboxylic acids is 2. The molecule has 1 amide bonds. The standard InChI is InChI=1S/C32H37F2N3O3/c1-23-10-14-26(15-11-23)37-19-17-36(18-20-37)16-5-3-4-9-30(38)35-22-25-13-12-24(21-29(25)34)27-7-6-8-28(33)31(27)32(39)40-2/h6-8,10-15,21H,3-5,9,16-20,22H2,1-2H3,(H,35,38). The SMILES string of the molecule is COC(=O)c1c(F)cccc1-c1ccc(CNC(=O)CCCCCN2CCN(c3ccc(C)cc3)CC2)c(F)c1. The van der Waals surface area contributed by atoms with Crippen molar-refractivity contribution in [3.8, 4) is 11.1 Å². The Kier molecular flexibility index (Phi) is 10.2. The number of amides is 1. The van der Waals surface area contributed by atoms with E-state index in [1.165, 1.54) is 42.6 Å². The molecule has 0 radical (unpaired) electrons. The number of nitrogens with one attached hydrogen (secondary N) is 1. The molecule has 1 aliphatic rings. The van der Waals surface area contributed by atoms with Crippen molar-refractivity contribution in [3.63, 3.8) is 0 Å². The monoisotopic (exact) mass is 549 g/mol. The van der Waals surface area contributed by atoms with Gasteiger partial charge in [0.1, 0.15) is 17.2 Å². The maximum absolute atomic E-state index is 14.8. The van der Waals surface area contributed by atoms with E-state index in [1.807, 2.05) is 0 Å². The van der Waals surface area contributed by atoms with Gasteiger partial charge in [-0.25, -0.2) is 13.6 Å². The van der Waals surface area contributed by atoms with Crippen LogP contribution in [0.3, 0.4) is 0 Å². The lowest BCUT2D eigenvalue weighted by Crippen LogP contribution is -2.46. The largest absolute Gasteiger partial charge is 0.465 e. The van der Waals surface area contributed by atoms with Crippen LogP contribution in [0.4, 0.5) is 14.5 Å². The third-order valence-corrected chi connectivity index (χ3v) is 7.39. The van der Waals surface area contributed by atoms with Crippen molar-refractivity contribution in [2.24, 2.45) is 0 Å². The second-order valence-corrected chi connectivity index (χ2v) is 10.2. The van der Waals surface area contributed by atoms with Gasteiger partial charge in [0.2, 0.25) is 5.91 Å². The highest BCUT2D eigenvalue weighted by Crippen LogP contribution is 2.28. The Bertz CT molecular complexity index is 1310. The molecule has 40 heavy (non-hydrogen) atoms. The minimum absolute atomic E-state index is 0.0587. The molecular weight excluding hydrogens is 512 g/mol. The van der Waals surface area contributed by atoms with Gasteiger partial charge in [0, 0.05) is 50.4 Å². The Morgan fingerprint density at radius 3 is 2.35 bits per heavy atom. The molecule has 4 rings (SSSR count). The second kappa shape index (κ2) is 14.0. The maximum atomic E-state index is 14.8. The van der Waals surface area contributed by atoms with Gasteiger partial charge < -0.3 is 15.0 Å². The molecule has 0 spiro atoms. The maximum Gasteiger partial charge on any atom is 0.341 e. The number of hydrogen-bond donors (Lipinski definition) is 1. The number of ether oxygens (including phenoxy) is 1. The van der Waals surface area contributed by atoms with Gasteiger partial charge in [-0.15, -0.1) is 0 Å². The highest BCUT2D eigenvalue weighted by molar-refractivity contribution is 5.97. The number of nitrogens with zero attached hydrogens (tertiary/aromatic N) is 2. The molecule has 1 N–H and O–H groups in total. The summed E-state index contributed by atoms with van der Waals surface area (Å²) in [4.78, 5) is 29.3. The fourth-order valence-electron chi connectivity index (χ4n) is 5.00. The lowest BCUT2D eigenvalue weighted by atomic mass is 9.98. The van der Waals surface area contributed by atoms with Crippen LogP contribution < -0.4 is 10.2 Å². The molecule has 0 unspecified atom stereocenters. The number of aryl methyl sites for hydroxylation is 1. The zero-order chi connectivity index (χ0) is 28.5. The fourth-order valence-corrected chi connectivity index (χ4v) is 5.00. The number of esters is 1. The van der Waals surface area contributed by atoms with Crippen molar-refractivity contribution in [2.75, 3.05) is 44.7 Å². The van der Waals surface area contributed by atoms with Crippen LogP contribution in [-0.2, 0) is 16.1 Å². The zero-order valence-electron chi connectivity index (χ0n) is 23.2. The van der Waals surface area contributed by atoms with Crippen molar-refractivity contribution in [1.29, 1.82) is 0 Å². The van der Waals surface area contributed by atoms with Crippen LogP contribution in [0.2, 0.25) is 0 Å². The molecule has 6 nitrogen and oxygen atoms in total. The fraction of sp³-hybridized carbons (Fsp3) is 0.375. The molecule has 0 atom stereocenters. The third kappa shape index (κ3) is 7.66. The molecule has 0 bridgehead atoms. The number of unbranched alkanes of at least 4 members (excludes halogenated alkanes) is 2. The topological polar surface area (TPSA) is 61.9 Å². The number of carbonyl (C=O) groups is 2. The van der Waals surface area contributed by atoms with E-state index >= 15 is 0 Å². The zero-order valence-corrected chi connectivity index (χ0v) is 23.2. The number of methoxy groups -OCH3 is 1. The molecule has 1 saturated heterocycles. The number of rotatable bonds is 11. The van der Waals surface area contributed by atoms with Crippen molar-refractivity contribution in [2.45, 2.75) is 39.2 Å². The van der Waals surface area contributed by atoms with Crippen LogP contribution in [0.5, 0.6) is 0 Å². The number of hydrogen-bond acceptors (Lipinski definition) is 5. The molecule has 1 fully saturated rings. The first kappa shape index (κ1) is 29.2. The molecule has 3 aromatic carbocycles. The van der Waals surface area contributed by atoms with Gasteiger partial charge in [0.05, 0.1) is 7.11 Å². The van der Waals surface area contributed by atoms with Crippen LogP contribution in [0.15, 0.2) is 60.7 Å². The van der Waals surface area contributed by atoms with E-state index in [0.717, 1.165) is 58.1 Å². The van der Waals surface area contributed by atoms with E-state index in [0.29, 0.717) is 17.5 Å². The van der Waals surface area contributed by atoms with Crippen LogP contribution in [0.1, 0.15) is 47.2 Å². The Morgan fingerprint density at radius 1 is 0.900 bits per heavy atom. The summed E-state index contributed by atoms with van der Waals surface area (Å²) in [6.07, 6.45) is 3.19. The minimum atomic E-state index is -0.828. The smallest absolute Gasteiger partial charge is 0.341 e. The highest BCUT2D eigenvalue weighted by Gasteiger charge is 2.20. The van der Waals surface area contributed by atoms with Crippen LogP contribution in [0, 0.1) is 18.6 Å². The first-order valence-electron chi connectivity index (χ1n) is 13.8. The van der Waals surface area contributed by atoms with E-state index in [9.17, 15) is 18.4 Å². The van der Waals surface area contributed by atoms with E-state index in [2.05, 4.69) is 51.0 Å². The molecule has 0 aromatic heterocycles. The van der Waals surface area contributed by atoms with Crippen LogP contribution in [-0.4, -0.2) is 56.6 Å². The van der Waals surface area contributed by atoms with Crippen molar-refractivity contribution < 1.29 is 23.1 Å². The lowest BCUT2D eigenvalue weighted by Gasteiger charge is -2.36. The van der Waals surface area contributed by atoms with Gasteiger partial charge in [0.15, 0.2) is 0 Å². The minimum Gasteiger partial charge on any atom is -0.465 e. The summed E-state index contributed by atoms with van der Waals surface area (Å²) in [6.45, 7) is 7.33. The molecule has 1 heterocycles. The van der Waals surface area contributed by atoms with Crippen LogP contribution in [0.25, 0.3) is 11.1 Å². The summed E-state index contributed by atoms with van der Waals surface area (Å²) in [7, 11) is 1.17. The summed E-state index contributed by atoms with van der Waals surface area (Å²) >= 11 is 0. The third-order valence-electron chi connectivity index (χ3n) is 7.39. The number of anilines is 1. The van der Waals surface area contributed by atoms with Crippen LogP contribution >= 0.6 is 0 Å². The molecule has 0 saturated carbocycles. The van der Waals surface area contributed by atoms with Gasteiger partial charge in [-0.05, 0) is 61.7 Å². The first-order valence-corrected chi connectivity index (χ1v) is 13.8. The van der Waals surface area contributed by atoms with E-state index < -0.39 is 17.6 Å². The average molecular weight is 550 g/mol. The van der Waals surface area contributed by atoms with E-state index in [1.54, 1.807) is 6.07 Å². The molecule has 3 aromatic rings. The Hall–Kier alpha value is -3.78. The Balaban J connectivity index is 1.16. The van der Waals surface area contributed by atoms with Crippen molar-refractivity contribution in [1.82, 2.24) is 10.2 Å². The molecule has 0 aliphatic carbocycles. The normalized spacial score (nSPS) is 13.8. The van der Waals surface area contributed by atoms with E-state index in [-0.39, 0.29) is 23.6 Å². The summed E-state index contributed by atoms with van der Waals surface area (Å²) < 4.78 is 33.7. The molecule has 212 valence electrons. The van der Waals surface area contributed by atoms with Gasteiger partial charge >= 0.3 is 5.97 Å². The summed E-state index contributed by atoms with van der Waals surface area (Å²) in [6, 6.07) is 17.2.